The largest absolute Gasteiger partial charge is 0.401 e. The van der Waals surface area contributed by atoms with Gasteiger partial charge in [-0.3, -0.25) is 0 Å². The summed E-state index contributed by atoms with van der Waals surface area (Å²) in [6.07, 6.45) is 6.35. The lowest BCUT2D eigenvalue weighted by Gasteiger charge is -2.43. The molecule has 0 N–H and O–H groups in total. The first-order valence-corrected chi connectivity index (χ1v) is 15.7. The Morgan fingerprint density at radius 1 is 0.895 bits per heavy atom. The fraction of sp³-hybridized carbons (Fsp3) is 0.484. The van der Waals surface area contributed by atoms with E-state index in [1.807, 2.05) is 12.3 Å². The van der Waals surface area contributed by atoms with Crippen LogP contribution in [-0.2, 0) is 25.2 Å². The van der Waals surface area contributed by atoms with E-state index < -0.39 is 8.32 Å². The first kappa shape index (κ1) is 27.2. The van der Waals surface area contributed by atoms with Gasteiger partial charge in [0.15, 0.2) is 0 Å². The van der Waals surface area contributed by atoms with Crippen LogP contribution in [0.4, 0.5) is 0 Å². The van der Waals surface area contributed by atoms with E-state index in [-0.39, 0.29) is 17.2 Å². The third-order valence-corrected chi connectivity index (χ3v) is 12.8. The number of ether oxygens (including phenoxy) is 3. The van der Waals surface area contributed by atoms with Gasteiger partial charge >= 0.3 is 0 Å². The molecule has 3 aromatic rings. The fourth-order valence-corrected chi connectivity index (χ4v) is 10.4. The van der Waals surface area contributed by atoms with Gasteiger partial charge in [0.25, 0.3) is 8.32 Å². The van der Waals surface area contributed by atoms with Gasteiger partial charge in [-0.2, -0.15) is 0 Å². The molecule has 2 aliphatic rings. The zero-order valence-electron chi connectivity index (χ0n) is 22.8. The van der Waals surface area contributed by atoms with E-state index in [9.17, 15) is 0 Å². The summed E-state index contributed by atoms with van der Waals surface area (Å²) >= 11 is 0. The standard InChI is InChI=1S/C31H40N2O4Si/c1-31(2,3)38(28-10-6-4-7-11-28,29-12-8-5-9-13-29)37-20-25-18-19-32-30(33-25)24-14-16-26(17-15-24)35-22-27-21-34-23-36-27/h4-13,18-19,24,26-27H,14-17,20-23H2,1-3H3/t24-,26-,27?. The minimum absolute atomic E-state index is 0.0698. The summed E-state index contributed by atoms with van der Waals surface area (Å²) in [6.45, 7) is 9.00. The summed E-state index contributed by atoms with van der Waals surface area (Å²) in [5.41, 5.74) is 0.944. The molecule has 0 radical (unpaired) electrons. The lowest BCUT2D eigenvalue weighted by Crippen LogP contribution is -2.66. The molecule has 5 rings (SSSR count). The molecule has 0 spiro atoms. The maximum absolute atomic E-state index is 7.10. The van der Waals surface area contributed by atoms with Crippen LogP contribution in [0.3, 0.4) is 0 Å². The minimum Gasteiger partial charge on any atom is -0.401 e. The molecule has 1 aliphatic carbocycles. The van der Waals surface area contributed by atoms with E-state index in [1.54, 1.807) is 0 Å². The zero-order valence-corrected chi connectivity index (χ0v) is 23.8. The second-order valence-electron chi connectivity index (χ2n) is 11.4. The molecule has 1 unspecified atom stereocenters. The number of benzene rings is 2. The number of rotatable bonds is 9. The van der Waals surface area contributed by atoms with Crippen LogP contribution in [-0.4, -0.2) is 50.5 Å². The van der Waals surface area contributed by atoms with Crippen molar-refractivity contribution in [3.63, 3.8) is 0 Å². The van der Waals surface area contributed by atoms with E-state index in [4.69, 9.17) is 23.6 Å². The van der Waals surface area contributed by atoms with Crippen LogP contribution >= 0.6 is 0 Å². The molecular formula is C31H40N2O4Si. The van der Waals surface area contributed by atoms with Crippen molar-refractivity contribution >= 4 is 18.7 Å². The van der Waals surface area contributed by atoms with Gasteiger partial charge in [-0.15, -0.1) is 0 Å². The summed E-state index contributed by atoms with van der Waals surface area (Å²) in [6, 6.07) is 23.5. The van der Waals surface area contributed by atoms with Crippen LogP contribution < -0.4 is 10.4 Å². The summed E-state index contributed by atoms with van der Waals surface area (Å²) in [4.78, 5) is 9.69. The van der Waals surface area contributed by atoms with Crippen molar-refractivity contribution in [3.05, 3.63) is 84.4 Å². The fourth-order valence-electron chi connectivity index (χ4n) is 5.83. The Morgan fingerprint density at radius 2 is 1.55 bits per heavy atom. The monoisotopic (exact) mass is 532 g/mol. The molecule has 1 saturated carbocycles. The summed E-state index contributed by atoms with van der Waals surface area (Å²) in [5, 5.41) is 2.49. The molecular weight excluding hydrogens is 492 g/mol. The number of nitrogens with zero attached hydrogens (tertiary/aromatic N) is 2. The second kappa shape index (κ2) is 12.2. The van der Waals surface area contributed by atoms with Gasteiger partial charge < -0.3 is 18.6 Å². The van der Waals surface area contributed by atoms with Crippen molar-refractivity contribution in [1.82, 2.24) is 9.97 Å². The molecule has 202 valence electrons. The Labute approximate surface area is 227 Å². The third-order valence-electron chi connectivity index (χ3n) is 7.83. The molecule has 2 aromatic carbocycles. The normalized spacial score (nSPS) is 22.4. The minimum atomic E-state index is -2.61. The van der Waals surface area contributed by atoms with Crippen LogP contribution in [0.5, 0.6) is 0 Å². The molecule has 2 fully saturated rings. The van der Waals surface area contributed by atoms with E-state index in [2.05, 4.69) is 86.4 Å². The Bertz CT molecular complexity index is 1100. The van der Waals surface area contributed by atoms with E-state index >= 15 is 0 Å². The number of hydrogen-bond donors (Lipinski definition) is 0. The van der Waals surface area contributed by atoms with Gasteiger partial charge in [0, 0.05) is 12.1 Å². The molecule has 1 aromatic heterocycles. The predicted molar refractivity (Wildman–Crippen MR) is 151 cm³/mol. The first-order valence-electron chi connectivity index (χ1n) is 13.8. The topological polar surface area (TPSA) is 62.7 Å². The molecule has 38 heavy (non-hydrogen) atoms. The van der Waals surface area contributed by atoms with Crippen molar-refractivity contribution in [3.8, 4) is 0 Å². The van der Waals surface area contributed by atoms with Crippen molar-refractivity contribution in [2.75, 3.05) is 20.0 Å². The molecule has 1 saturated heterocycles. The van der Waals surface area contributed by atoms with Gasteiger partial charge in [0.1, 0.15) is 18.7 Å². The summed E-state index contributed by atoms with van der Waals surface area (Å²) in [5.74, 6) is 1.29. The highest BCUT2D eigenvalue weighted by Crippen LogP contribution is 2.37. The molecule has 6 nitrogen and oxygen atoms in total. The van der Waals surface area contributed by atoms with Gasteiger partial charge in [-0.05, 0) is 47.2 Å². The summed E-state index contributed by atoms with van der Waals surface area (Å²) < 4.78 is 24.0. The molecule has 1 atom stereocenters. The van der Waals surface area contributed by atoms with Gasteiger partial charge in [-0.1, -0.05) is 81.4 Å². The molecule has 1 aliphatic heterocycles. The molecule has 2 heterocycles. The maximum Gasteiger partial charge on any atom is 0.261 e. The van der Waals surface area contributed by atoms with Crippen molar-refractivity contribution in [2.45, 2.75) is 76.2 Å². The quantitative estimate of drug-likeness (QED) is 0.363. The average molecular weight is 533 g/mol. The van der Waals surface area contributed by atoms with Crippen LogP contribution in [0.2, 0.25) is 5.04 Å². The van der Waals surface area contributed by atoms with E-state index in [0.717, 1.165) is 37.2 Å². The van der Waals surface area contributed by atoms with E-state index in [1.165, 1.54) is 10.4 Å². The smallest absolute Gasteiger partial charge is 0.261 e. The summed E-state index contributed by atoms with van der Waals surface area (Å²) in [7, 11) is -2.61. The van der Waals surface area contributed by atoms with Gasteiger partial charge in [0.2, 0.25) is 0 Å². The van der Waals surface area contributed by atoms with Crippen LogP contribution in [0.1, 0.15) is 63.9 Å². The molecule has 0 amide bonds. The SMILES string of the molecule is CC(C)(C)[Si](OCc1ccnc([C@H]2CC[C@H](OCC3COCO3)CC2)n1)(c1ccccc1)c1ccccc1. The Hall–Kier alpha value is -2.42. The highest BCUT2D eigenvalue weighted by molar-refractivity contribution is 6.99. The Balaban J connectivity index is 1.29. The van der Waals surface area contributed by atoms with Gasteiger partial charge in [0.05, 0.1) is 31.6 Å². The van der Waals surface area contributed by atoms with Crippen LogP contribution in [0.25, 0.3) is 0 Å². The predicted octanol–water partition coefficient (Wildman–Crippen LogP) is 4.97. The highest BCUT2D eigenvalue weighted by Gasteiger charge is 2.50. The average Bonchev–Trinajstić information content (AvgIpc) is 3.47. The van der Waals surface area contributed by atoms with Crippen LogP contribution in [0.15, 0.2) is 72.9 Å². The highest BCUT2D eigenvalue weighted by atomic mass is 28.4. The zero-order chi connectivity index (χ0) is 26.4. The third kappa shape index (κ3) is 6.08. The lowest BCUT2D eigenvalue weighted by molar-refractivity contribution is -0.0358. The van der Waals surface area contributed by atoms with E-state index in [0.29, 0.717) is 32.5 Å². The lowest BCUT2D eigenvalue weighted by atomic mass is 9.86. The first-order chi connectivity index (χ1) is 18.5. The van der Waals surface area contributed by atoms with Crippen molar-refractivity contribution in [1.29, 1.82) is 0 Å². The second-order valence-corrected chi connectivity index (χ2v) is 15.7. The van der Waals surface area contributed by atoms with Gasteiger partial charge in [-0.25, -0.2) is 9.97 Å². The number of hydrogen-bond acceptors (Lipinski definition) is 6. The molecule has 0 bridgehead atoms. The van der Waals surface area contributed by atoms with Crippen LogP contribution in [0, 0.1) is 0 Å². The molecule has 7 heteroatoms. The van der Waals surface area contributed by atoms with Crippen molar-refractivity contribution < 1.29 is 18.6 Å². The number of aromatic nitrogens is 2. The maximum atomic E-state index is 7.10. The Morgan fingerprint density at radius 3 is 2.13 bits per heavy atom. The van der Waals surface area contributed by atoms with Crippen molar-refractivity contribution in [2.24, 2.45) is 0 Å². The Kier molecular flexibility index (Phi) is 8.70.